The monoisotopic (exact) mass is 470 g/mol. The lowest BCUT2D eigenvalue weighted by atomic mass is 10.1. The largest absolute Gasteiger partial charge is 0.322 e. The minimum absolute atomic E-state index is 0.0143. The highest BCUT2D eigenvalue weighted by Gasteiger charge is 2.20. The lowest BCUT2D eigenvalue weighted by Gasteiger charge is -2.09. The highest BCUT2D eigenvalue weighted by atomic mass is 32.2. The number of nitrogens with zero attached hydrogens (tertiary/aromatic N) is 2. The Labute approximate surface area is 188 Å². The lowest BCUT2D eigenvalue weighted by Crippen LogP contribution is -2.26. The van der Waals surface area contributed by atoms with Gasteiger partial charge in [-0.3, -0.25) is 25.0 Å². The first kappa shape index (κ1) is 23.5. The van der Waals surface area contributed by atoms with Crippen LogP contribution in [-0.4, -0.2) is 30.7 Å². The molecular formula is C21H18N4O7S. The Bertz CT molecular complexity index is 1260. The fourth-order valence-corrected chi connectivity index (χ4v) is 3.95. The van der Waals surface area contributed by atoms with E-state index in [2.05, 4.69) is 10.0 Å². The molecule has 0 radical (unpaired) electrons. The Balaban J connectivity index is 1.68. The molecule has 0 bridgehead atoms. The van der Waals surface area contributed by atoms with E-state index < -0.39 is 37.2 Å². The fourth-order valence-electron chi connectivity index (χ4n) is 2.92. The molecule has 0 spiro atoms. The Hall–Kier alpha value is -4.16. The molecule has 0 aliphatic rings. The van der Waals surface area contributed by atoms with Crippen LogP contribution >= 0.6 is 0 Å². The van der Waals surface area contributed by atoms with Crippen molar-refractivity contribution in [2.24, 2.45) is 0 Å². The van der Waals surface area contributed by atoms with Crippen LogP contribution in [0.2, 0.25) is 0 Å². The van der Waals surface area contributed by atoms with Crippen molar-refractivity contribution in [1.29, 1.82) is 0 Å². The molecule has 0 aliphatic heterocycles. The van der Waals surface area contributed by atoms with Crippen LogP contribution in [0.3, 0.4) is 0 Å². The summed E-state index contributed by atoms with van der Waals surface area (Å²) in [4.78, 5) is 32.7. The first-order valence-electron chi connectivity index (χ1n) is 9.54. The van der Waals surface area contributed by atoms with Crippen LogP contribution in [0.25, 0.3) is 0 Å². The third-order valence-corrected chi connectivity index (χ3v) is 6.03. The number of nitro benzene ring substituents is 2. The van der Waals surface area contributed by atoms with E-state index in [-0.39, 0.29) is 22.7 Å². The molecule has 33 heavy (non-hydrogen) atoms. The van der Waals surface area contributed by atoms with Gasteiger partial charge >= 0.3 is 0 Å². The van der Waals surface area contributed by atoms with Crippen molar-refractivity contribution >= 4 is 33.0 Å². The van der Waals surface area contributed by atoms with Crippen molar-refractivity contribution < 1.29 is 23.1 Å². The number of anilines is 1. The molecule has 3 aromatic rings. The maximum atomic E-state index is 12.5. The number of hydrogen-bond donors (Lipinski definition) is 2. The first-order valence-corrected chi connectivity index (χ1v) is 11.0. The van der Waals surface area contributed by atoms with E-state index >= 15 is 0 Å². The first-order chi connectivity index (χ1) is 15.7. The summed E-state index contributed by atoms with van der Waals surface area (Å²) in [7, 11) is -3.77. The van der Waals surface area contributed by atoms with Crippen molar-refractivity contribution in [2.45, 2.75) is 11.3 Å². The molecule has 12 heteroatoms. The van der Waals surface area contributed by atoms with Crippen LogP contribution < -0.4 is 10.0 Å². The predicted octanol–water partition coefficient (Wildman–Crippen LogP) is 3.28. The zero-order valence-corrected chi connectivity index (χ0v) is 17.8. The molecule has 3 rings (SSSR count). The molecule has 0 saturated carbocycles. The summed E-state index contributed by atoms with van der Waals surface area (Å²) in [5, 5.41) is 24.4. The predicted molar refractivity (Wildman–Crippen MR) is 119 cm³/mol. The van der Waals surface area contributed by atoms with Crippen molar-refractivity contribution in [2.75, 3.05) is 11.9 Å². The van der Waals surface area contributed by atoms with E-state index in [1.165, 1.54) is 24.3 Å². The summed E-state index contributed by atoms with van der Waals surface area (Å²) in [6, 6.07) is 17.2. The van der Waals surface area contributed by atoms with Crippen LogP contribution in [0, 0.1) is 20.2 Å². The van der Waals surface area contributed by atoms with Crippen LogP contribution in [-0.2, 0) is 16.4 Å². The summed E-state index contributed by atoms with van der Waals surface area (Å²) >= 11 is 0. The molecule has 0 aromatic heterocycles. The van der Waals surface area contributed by atoms with Gasteiger partial charge in [0.1, 0.15) is 0 Å². The molecular weight excluding hydrogens is 452 g/mol. The Kier molecular flexibility index (Phi) is 7.10. The van der Waals surface area contributed by atoms with E-state index in [4.69, 9.17) is 0 Å². The Morgan fingerprint density at radius 3 is 1.97 bits per heavy atom. The maximum Gasteiger partial charge on any atom is 0.277 e. The summed E-state index contributed by atoms with van der Waals surface area (Å²) in [6.45, 7) is 0.205. The number of benzene rings is 3. The van der Waals surface area contributed by atoms with Crippen molar-refractivity contribution in [3.63, 3.8) is 0 Å². The van der Waals surface area contributed by atoms with Crippen LogP contribution in [0.4, 0.5) is 17.1 Å². The smallest absolute Gasteiger partial charge is 0.277 e. The summed E-state index contributed by atoms with van der Waals surface area (Å²) in [5.74, 6) is -0.821. The Morgan fingerprint density at radius 2 is 1.42 bits per heavy atom. The number of non-ortho nitro benzene ring substituents is 2. The second-order valence-corrected chi connectivity index (χ2v) is 8.63. The number of nitrogens with one attached hydrogen (secondary N) is 2. The average Bonchev–Trinajstić information content (AvgIpc) is 2.79. The third kappa shape index (κ3) is 6.18. The van der Waals surface area contributed by atoms with Gasteiger partial charge in [0, 0.05) is 24.4 Å². The van der Waals surface area contributed by atoms with Gasteiger partial charge < -0.3 is 5.32 Å². The zero-order chi connectivity index (χ0) is 24.0. The standard InChI is InChI=1S/C21H18N4O7S/c26-21(16-12-18(24(27)28)14-19(13-16)25(29)30)23-17-6-8-20(9-7-17)33(31,32)22-11-10-15-4-2-1-3-5-15/h1-9,12-14,22H,10-11H2,(H,23,26). The molecule has 0 saturated heterocycles. The molecule has 3 aromatic carbocycles. The van der Waals surface area contributed by atoms with Gasteiger partial charge in [-0.2, -0.15) is 0 Å². The second kappa shape index (κ2) is 9.97. The van der Waals surface area contributed by atoms with Crippen molar-refractivity contribution in [1.82, 2.24) is 4.72 Å². The van der Waals surface area contributed by atoms with Crippen LogP contribution in [0.15, 0.2) is 77.7 Å². The zero-order valence-electron chi connectivity index (χ0n) is 17.0. The van der Waals surface area contributed by atoms with Crippen LogP contribution in [0.5, 0.6) is 0 Å². The molecule has 11 nitrogen and oxygen atoms in total. The maximum absolute atomic E-state index is 12.5. The van der Waals surface area contributed by atoms with Crippen LogP contribution in [0.1, 0.15) is 15.9 Å². The highest BCUT2D eigenvalue weighted by Crippen LogP contribution is 2.24. The topological polar surface area (TPSA) is 162 Å². The number of rotatable bonds is 9. The van der Waals surface area contributed by atoms with Gasteiger partial charge in [-0.15, -0.1) is 0 Å². The van der Waals surface area contributed by atoms with Gasteiger partial charge in [0.15, 0.2) is 0 Å². The minimum atomic E-state index is -3.77. The summed E-state index contributed by atoms with van der Waals surface area (Å²) < 4.78 is 27.4. The number of sulfonamides is 1. The highest BCUT2D eigenvalue weighted by molar-refractivity contribution is 7.89. The third-order valence-electron chi connectivity index (χ3n) is 4.56. The van der Waals surface area contributed by atoms with E-state index in [9.17, 15) is 33.4 Å². The summed E-state index contributed by atoms with van der Waals surface area (Å²) in [6.07, 6.45) is 0.517. The van der Waals surface area contributed by atoms with E-state index in [0.717, 1.165) is 23.8 Å². The molecule has 0 aliphatic carbocycles. The quantitative estimate of drug-likeness (QED) is 0.358. The minimum Gasteiger partial charge on any atom is -0.322 e. The lowest BCUT2D eigenvalue weighted by molar-refractivity contribution is -0.394. The number of carbonyl (C=O) groups excluding carboxylic acids is 1. The van der Waals surface area contributed by atoms with Gasteiger partial charge in [-0.1, -0.05) is 30.3 Å². The van der Waals surface area contributed by atoms with E-state index in [0.29, 0.717) is 6.42 Å². The molecule has 0 atom stereocenters. The number of nitro groups is 2. The number of amides is 1. The van der Waals surface area contributed by atoms with Crippen molar-refractivity contribution in [3.8, 4) is 0 Å². The average molecular weight is 470 g/mol. The van der Waals surface area contributed by atoms with E-state index in [1.54, 1.807) is 0 Å². The van der Waals surface area contributed by atoms with E-state index in [1.807, 2.05) is 30.3 Å². The van der Waals surface area contributed by atoms with Gasteiger partial charge in [0.25, 0.3) is 17.3 Å². The summed E-state index contributed by atoms with van der Waals surface area (Å²) in [5.41, 5.74) is -0.290. The molecule has 1 amide bonds. The van der Waals surface area contributed by atoms with Gasteiger partial charge in [0.2, 0.25) is 10.0 Å². The SMILES string of the molecule is O=C(Nc1ccc(S(=O)(=O)NCCc2ccccc2)cc1)c1cc([N+](=O)[O-])cc([N+](=O)[O-])c1. The molecule has 0 heterocycles. The molecule has 0 fully saturated rings. The van der Waals surface area contributed by atoms with Gasteiger partial charge in [-0.25, -0.2) is 13.1 Å². The Morgan fingerprint density at radius 1 is 0.848 bits per heavy atom. The van der Waals surface area contributed by atoms with Crippen molar-refractivity contribution in [3.05, 3.63) is 104 Å². The molecule has 2 N–H and O–H groups in total. The van der Waals surface area contributed by atoms with Gasteiger partial charge in [0.05, 0.1) is 26.4 Å². The van der Waals surface area contributed by atoms with Gasteiger partial charge in [-0.05, 0) is 36.2 Å². The normalized spacial score (nSPS) is 11.0. The second-order valence-electron chi connectivity index (χ2n) is 6.86. The number of carbonyl (C=O) groups is 1. The molecule has 0 unspecified atom stereocenters. The fraction of sp³-hybridized carbons (Fsp3) is 0.0952. The number of hydrogen-bond acceptors (Lipinski definition) is 7. The molecule has 170 valence electrons.